The average molecular weight is 195 g/mol. The summed E-state index contributed by atoms with van der Waals surface area (Å²) in [5.41, 5.74) is 0. The number of nitrogens with zero attached hydrogens (tertiary/aromatic N) is 1. The normalized spacial score (nSPS) is 20.5. The smallest absolute Gasteiger partial charge is 0.368 e. The van der Waals surface area contributed by atoms with Gasteiger partial charge in [-0.1, -0.05) is 6.08 Å². The Morgan fingerprint density at radius 2 is 2.62 bits per heavy atom. The van der Waals surface area contributed by atoms with Crippen LogP contribution in [-0.2, 0) is 4.74 Å². The molecule has 0 amide bonds. The summed E-state index contributed by atoms with van der Waals surface area (Å²) in [6.45, 7) is 0. The second kappa shape index (κ2) is 3.70. The van der Waals surface area contributed by atoms with Crippen molar-refractivity contribution in [3.05, 3.63) is 28.7 Å². The summed E-state index contributed by atoms with van der Waals surface area (Å²) in [6.07, 6.45) is 7.40. The largest absolute Gasteiger partial charge is 0.453 e. The molecule has 3 nitrogen and oxygen atoms in total. The number of thiazole rings is 1. The Kier molecular flexibility index (Phi) is 2.40. The van der Waals surface area contributed by atoms with E-state index in [1.807, 2.05) is 12.2 Å². The van der Waals surface area contributed by atoms with Crippen molar-refractivity contribution in [2.75, 3.05) is 0 Å². The minimum absolute atomic E-state index is 0.0450. The zero-order valence-electron chi connectivity index (χ0n) is 6.97. The van der Waals surface area contributed by atoms with Crippen LogP contribution in [0.1, 0.15) is 22.6 Å². The molecule has 1 aromatic heterocycles. The highest BCUT2D eigenvalue weighted by Gasteiger charge is 2.17. The number of esters is 1. The number of ether oxygens (including phenoxy) is 1. The maximum atomic E-state index is 11.4. The topological polar surface area (TPSA) is 39.2 Å². The molecule has 2 rings (SSSR count). The number of hydrogen-bond acceptors (Lipinski definition) is 4. The Labute approximate surface area is 80.1 Å². The molecule has 0 saturated heterocycles. The number of hydrogen-bond donors (Lipinski definition) is 0. The van der Waals surface area contributed by atoms with Crippen LogP contribution in [0.15, 0.2) is 23.7 Å². The monoisotopic (exact) mass is 195 g/mol. The number of aromatic nitrogens is 1. The molecule has 0 spiro atoms. The molecule has 1 aliphatic carbocycles. The molecule has 68 valence electrons. The van der Waals surface area contributed by atoms with E-state index < -0.39 is 0 Å². The number of carbonyl (C=O) groups is 1. The van der Waals surface area contributed by atoms with Crippen LogP contribution in [0.5, 0.6) is 0 Å². The molecule has 1 aromatic rings. The fourth-order valence-electron chi connectivity index (χ4n) is 1.22. The van der Waals surface area contributed by atoms with Crippen LogP contribution in [0, 0.1) is 0 Å². The van der Waals surface area contributed by atoms with Gasteiger partial charge in [0.05, 0.1) is 0 Å². The van der Waals surface area contributed by atoms with Crippen LogP contribution in [0.3, 0.4) is 0 Å². The lowest BCUT2D eigenvalue weighted by atomic mass is 10.3. The van der Waals surface area contributed by atoms with E-state index in [1.54, 1.807) is 11.6 Å². The second-order valence-corrected chi connectivity index (χ2v) is 3.68. The van der Waals surface area contributed by atoms with Crippen molar-refractivity contribution in [3.8, 4) is 0 Å². The fourth-order valence-corrected chi connectivity index (χ4v) is 1.73. The molecule has 0 aliphatic heterocycles. The first kappa shape index (κ1) is 8.44. The van der Waals surface area contributed by atoms with Gasteiger partial charge in [-0.25, -0.2) is 9.78 Å². The predicted molar refractivity (Wildman–Crippen MR) is 49.7 cm³/mol. The van der Waals surface area contributed by atoms with Gasteiger partial charge in [-0.3, -0.25) is 0 Å². The molecule has 0 N–H and O–H groups in total. The predicted octanol–water partition coefficient (Wildman–Crippen LogP) is 2.02. The molecular weight excluding hydrogens is 186 g/mol. The fraction of sp³-hybridized carbons (Fsp3) is 0.333. The van der Waals surface area contributed by atoms with Crippen LogP contribution in [0.2, 0.25) is 0 Å². The van der Waals surface area contributed by atoms with Crippen LogP contribution in [-0.4, -0.2) is 17.1 Å². The van der Waals surface area contributed by atoms with Crippen molar-refractivity contribution in [2.24, 2.45) is 0 Å². The van der Waals surface area contributed by atoms with E-state index in [2.05, 4.69) is 4.98 Å². The minimum atomic E-state index is -0.313. The van der Waals surface area contributed by atoms with Gasteiger partial charge in [0.25, 0.3) is 0 Å². The molecule has 4 heteroatoms. The molecule has 13 heavy (non-hydrogen) atoms. The molecule has 0 saturated carbocycles. The highest BCUT2D eigenvalue weighted by molar-refractivity contribution is 7.11. The lowest BCUT2D eigenvalue weighted by Gasteiger charge is -2.07. The van der Waals surface area contributed by atoms with Gasteiger partial charge in [0.1, 0.15) is 6.10 Å². The lowest BCUT2D eigenvalue weighted by molar-refractivity contribution is 0.0395. The zero-order valence-corrected chi connectivity index (χ0v) is 7.79. The first-order valence-electron chi connectivity index (χ1n) is 4.13. The summed E-state index contributed by atoms with van der Waals surface area (Å²) >= 11 is 1.30. The molecule has 0 radical (unpaired) electrons. The third kappa shape index (κ3) is 1.95. The van der Waals surface area contributed by atoms with Crippen molar-refractivity contribution in [3.63, 3.8) is 0 Å². The quantitative estimate of drug-likeness (QED) is 0.535. The van der Waals surface area contributed by atoms with E-state index in [-0.39, 0.29) is 12.1 Å². The molecule has 1 aliphatic rings. The summed E-state index contributed by atoms with van der Waals surface area (Å²) in [7, 11) is 0. The maximum Gasteiger partial charge on any atom is 0.368 e. The molecule has 0 aromatic carbocycles. The summed E-state index contributed by atoms with van der Waals surface area (Å²) in [6, 6.07) is 0. The standard InChI is InChI=1S/C9H9NO2S/c11-9(8-10-5-6-13-8)12-7-3-1-2-4-7/h1,3,5-7H,2,4H2. The van der Waals surface area contributed by atoms with Gasteiger partial charge >= 0.3 is 5.97 Å². The Balaban J connectivity index is 1.95. The van der Waals surface area contributed by atoms with Crippen LogP contribution >= 0.6 is 11.3 Å². The third-order valence-electron chi connectivity index (χ3n) is 1.83. The van der Waals surface area contributed by atoms with Crippen molar-refractivity contribution in [1.29, 1.82) is 0 Å². The Morgan fingerprint density at radius 1 is 1.69 bits per heavy atom. The van der Waals surface area contributed by atoms with Gasteiger partial charge in [-0.05, 0) is 18.9 Å². The van der Waals surface area contributed by atoms with Gasteiger partial charge in [0.2, 0.25) is 5.01 Å². The van der Waals surface area contributed by atoms with Crippen LogP contribution in [0.4, 0.5) is 0 Å². The van der Waals surface area contributed by atoms with E-state index in [0.717, 1.165) is 12.8 Å². The second-order valence-electron chi connectivity index (χ2n) is 2.79. The first-order valence-corrected chi connectivity index (χ1v) is 5.01. The van der Waals surface area contributed by atoms with Gasteiger partial charge in [0.15, 0.2) is 0 Å². The first-order chi connectivity index (χ1) is 6.36. The van der Waals surface area contributed by atoms with Crippen molar-refractivity contribution in [2.45, 2.75) is 18.9 Å². The van der Waals surface area contributed by atoms with E-state index in [9.17, 15) is 4.79 Å². The molecule has 0 fully saturated rings. The molecule has 1 atom stereocenters. The Hall–Kier alpha value is -1.16. The van der Waals surface area contributed by atoms with Crippen molar-refractivity contribution in [1.82, 2.24) is 4.98 Å². The van der Waals surface area contributed by atoms with E-state index >= 15 is 0 Å². The summed E-state index contributed by atoms with van der Waals surface area (Å²) in [4.78, 5) is 15.2. The highest BCUT2D eigenvalue weighted by atomic mass is 32.1. The molecular formula is C9H9NO2S. The molecule has 1 unspecified atom stereocenters. The van der Waals surface area contributed by atoms with Gasteiger partial charge in [0, 0.05) is 11.6 Å². The average Bonchev–Trinajstić information content (AvgIpc) is 2.74. The third-order valence-corrected chi connectivity index (χ3v) is 2.59. The van der Waals surface area contributed by atoms with E-state index in [4.69, 9.17) is 4.74 Å². The number of allylic oxidation sites excluding steroid dienone is 1. The highest BCUT2D eigenvalue weighted by Crippen LogP contribution is 2.15. The van der Waals surface area contributed by atoms with Crippen molar-refractivity contribution < 1.29 is 9.53 Å². The minimum Gasteiger partial charge on any atom is -0.453 e. The number of carbonyl (C=O) groups excluding carboxylic acids is 1. The Bertz CT molecular complexity index is 318. The summed E-state index contributed by atoms with van der Waals surface area (Å²) in [5, 5.41) is 2.20. The van der Waals surface area contributed by atoms with Gasteiger partial charge in [-0.15, -0.1) is 11.3 Å². The molecule has 0 bridgehead atoms. The summed E-state index contributed by atoms with van der Waals surface area (Å²) in [5.74, 6) is -0.313. The van der Waals surface area contributed by atoms with E-state index in [1.165, 1.54) is 11.3 Å². The number of rotatable bonds is 2. The Morgan fingerprint density at radius 3 is 3.23 bits per heavy atom. The lowest BCUT2D eigenvalue weighted by Crippen LogP contribution is -2.13. The van der Waals surface area contributed by atoms with E-state index in [0.29, 0.717) is 5.01 Å². The SMILES string of the molecule is O=C(OC1C=CCC1)c1nccs1. The van der Waals surface area contributed by atoms with Crippen molar-refractivity contribution >= 4 is 17.3 Å². The maximum absolute atomic E-state index is 11.4. The van der Waals surface area contributed by atoms with Gasteiger partial charge in [-0.2, -0.15) is 0 Å². The van der Waals surface area contributed by atoms with Crippen LogP contribution < -0.4 is 0 Å². The zero-order chi connectivity index (χ0) is 9.10. The molecule has 1 heterocycles. The van der Waals surface area contributed by atoms with Gasteiger partial charge < -0.3 is 4.74 Å². The van der Waals surface area contributed by atoms with Crippen LogP contribution in [0.25, 0.3) is 0 Å². The summed E-state index contributed by atoms with van der Waals surface area (Å²) < 4.78 is 5.18.